The Hall–Kier alpha value is -0.840. The average molecular weight is 306 g/mol. The minimum Gasteiger partial charge on any atom is -0.391 e. The molecule has 0 radical (unpaired) electrons. The van der Waals surface area contributed by atoms with Crippen molar-refractivity contribution in [1.82, 2.24) is 5.32 Å². The summed E-state index contributed by atoms with van der Waals surface area (Å²) in [7, 11) is 0. The van der Waals surface area contributed by atoms with E-state index in [-0.39, 0.29) is 21.7 Å². The summed E-state index contributed by atoms with van der Waals surface area (Å²) in [6.07, 6.45) is 2.71. The van der Waals surface area contributed by atoms with Crippen molar-refractivity contribution in [1.29, 1.82) is 0 Å². The zero-order valence-electron chi connectivity index (χ0n) is 10.1. The Bertz CT molecular complexity index is 496. The van der Waals surface area contributed by atoms with Crippen molar-refractivity contribution in [2.45, 2.75) is 37.8 Å². The third kappa shape index (κ3) is 3.38. The molecule has 6 heteroatoms. The molecule has 1 aliphatic rings. The Morgan fingerprint density at radius 2 is 1.95 bits per heavy atom. The minimum absolute atomic E-state index is 0.0290. The molecule has 0 aromatic heterocycles. The molecule has 1 fully saturated rings. The van der Waals surface area contributed by atoms with Crippen LogP contribution in [0.1, 0.15) is 36.0 Å². The van der Waals surface area contributed by atoms with Crippen LogP contribution in [-0.2, 0) is 0 Å². The lowest BCUT2D eigenvalue weighted by atomic mass is 9.92. The zero-order valence-corrected chi connectivity index (χ0v) is 11.6. The average Bonchev–Trinajstić information content (AvgIpc) is 2.36. The van der Waals surface area contributed by atoms with E-state index in [1.54, 1.807) is 0 Å². The fraction of sp³-hybridized carbons (Fsp3) is 0.462. The summed E-state index contributed by atoms with van der Waals surface area (Å²) in [6.45, 7) is 0. The van der Waals surface area contributed by atoms with Crippen LogP contribution in [0, 0.1) is 5.82 Å². The van der Waals surface area contributed by atoms with Crippen LogP contribution in [0.5, 0.6) is 0 Å². The van der Waals surface area contributed by atoms with Gasteiger partial charge in [0.25, 0.3) is 5.91 Å². The maximum Gasteiger partial charge on any atom is 0.253 e. The van der Waals surface area contributed by atoms with Gasteiger partial charge in [-0.25, -0.2) is 4.39 Å². The monoisotopic (exact) mass is 305 g/mol. The first-order valence-corrected chi connectivity index (χ1v) is 6.88. The first-order chi connectivity index (χ1) is 8.99. The van der Waals surface area contributed by atoms with Gasteiger partial charge in [-0.3, -0.25) is 4.79 Å². The molecule has 104 valence electrons. The molecule has 1 amide bonds. The normalized spacial score (nSPS) is 23.2. The fourth-order valence-electron chi connectivity index (χ4n) is 2.22. The molecule has 2 rings (SSSR count). The van der Waals surface area contributed by atoms with Crippen molar-refractivity contribution < 1.29 is 14.3 Å². The van der Waals surface area contributed by atoms with Crippen LogP contribution in [0.2, 0.25) is 10.0 Å². The van der Waals surface area contributed by atoms with Crippen molar-refractivity contribution in [3.63, 3.8) is 0 Å². The topological polar surface area (TPSA) is 49.3 Å². The van der Waals surface area contributed by atoms with E-state index >= 15 is 0 Å². The molecule has 1 aromatic rings. The Labute approximate surface area is 120 Å². The predicted molar refractivity (Wildman–Crippen MR) is 72.1 cm³/mol. The summed E-state index contributed by atoms with van der Waals surface area (Å²) in [6, 6.07) is 1.90. The third-order valence-electron chi connectivity index (χ3n) is 3.30. The Morgan fingerprint density at radius 3 is 2.63 bits per heavy atom. The van der Waals surface area contributed by atoms with Crippen molar-refractivity contribution >= 4 is 29.1 Å². The van der Waals surface area contributed by atoms with Crippen LogP contribution in [0.3, 0.4) is 0 Å². The van der Waals surface area contributed by atoms with E-state index in [0.717, 1.165) is 18.9 Å². The number of carbonyl (C=O) groups is 1. The lowest BCUT2D eigenvalue weighted by Crippen LogP contribution is -2.45. The molecule has 0 spiro atoms. The number of aliphatic hydroxyl groups is 1. The van der Waals surface area contributed by atoms with Gasteiger partial charge in [0.05, 0.1) is 27.8 Å². The zero-order chi connectivity index (χ0) is 14.0. The number of hydrogen-bond acceptors (Lipinski definition) is 2. The van der Waals surface area contributed by atoms with E-state index in [4.69, 9.17) is 23.2 Å². The number of nitrogens with one attached hydrogen (secondary N) is 1. The van der Waals surface area contributed by atoms with Crippen LogP contribution >= 0.6 is 23.2 Å². The smallest absolute Gasteiger partial charge is 0.253 e. The van der Waals surface area contributed by atoms with Crippen molar-refractivity contribution in [2.24, 2.45) is 0 Å². The van der Waals surface area contributed by atoms with Gasteiger partial charge in [0, 0.05) is 0 Å². The predicted octanol–water partition coefficient (Wildman–Crippen LogP) is 3.17. The number of carbonyl (C=O) groups excluding carboxylic acids is 1. The summed E-state index contributed by atoms with van der Waals surface area (Å²) in [5.41, 5.74) is 0.0290. The molecule has 2 N–H and O–H groups in total. The van der Waals surface area contributed by atoms with Crippen LogP contribution in [0.15, 0.2) is 12.1 Å². The Balaban J connectivity index is 2.13. The van der Waals surface area contributed by atoms with Gasteiger partial charge < -0.3 is 10.4 Å². The maximum atomic E-state index is 13.4. The minimum atomic E-state index is -0.694. The van der Waals surface area contributed by atoms with Crippen molar-refractivity contribution in [2.75, 3.05) is 0 Å². The first kappa shape index (κ1) is 14.6. The molecular weight excluding hydrogens is 292 g/mol. The van der Waals surface area contributed by atoms with Crippen LogP contribution < -0.4 is 5.32 Å². The molecule has 0 bridgehead atoms. The van der Waals surface area contributed by atoms with Crippen LogP contribution in [-0.4, -0.2) is 23.2 Å². The summed E-state index contributed by atoms with van der Waals surface area (Å²) >= 11 is 11.5. The third-order valence-corrected chi connectivity index (χ3v) is 3.90. The van der Waals surface area contributed by atoms with E-state index in [9.17, 15) is 14.3 Å². The van der Waals surface area contributed by atoms with E-state index in [1.807, 2.05) is 0 Å². The van der Waals surface area contributed by atoms with Crippen molar-refractivity contribution in [3.05, 3.63) is 33.6 Å². The Morgan fingerprint density at radius 1 is 1.26 bits per heavy atom. The quantitative estimate of drug-likeness (QED) is 0.825. The van der Waals surface area contributed by atoms with E-state index < -0.39 is 17.8 Å². The van der Waals surface area contributed by atoms with E-state index in [2.05, 4.69) is 5.32 Å². The summed E-state index contributed by atoms with van der Waals surface area (Å²) in [5, 5.41) is 12.4. The number of amides is 1. The highest BCUT2D eigenvalue weighted by Gasteiger charge is 2.25. The number of aliphatic hydroxyl groups excluding tert-OH is 1. The molecular formula is C13H14Cl2FNO2. The number of rotatable bonds is 2. The van der Waals surface area contributed by atoms with Gasteiger partial charge in [-0.2, -0.15) is 0 Å². The van der Waals surface area contributed by atoms with Gasteiger partial charge in [0.1, 0.15) is 5.82 Å². The standard InChI is InChI=1S/C13H14Cl2FNO2/c14-8-6-9(15)10(16)5-7(8)13(19)17-11-3-1-2-4-12(11)18/h5-6,11-12,18H,1-4H2,(H,17,19). The first-order valence-electron chi connectivity index (χ1n) is 6.12. The van der Waals surface area contributed by atoms with Crippen LogP contribution in [0.4, 0.5) is 4.39 Å². The molecule has 0 heterocycles. The molecule has 1 aromatic carbocycles. The second-order valence-corrected chi connectivity index (χ2v) is 5.49. The molecule has 3 nitrogen and oxygen atoms in total. The highest BCUT2D eigenvalue weighted by Crippen LogP contribution is 2.25. The molecule has 1 saturated carbocycles. The number of benzene rings is 1. The van der Waals surface area contributed by atoms with Gasteiger partial charge in [-0.15, -0.1) is 0 Å². The molecule has 0 aliphatic heterocycles. The number of hydrogen-bond donors (Lipinski definition) is 2. The second-order valence-electron chi connectivity index (χ2n) is 4.68. The number of halogens is 3. The summed E-state index contributed by atoms with van der Waals surface area (Å²) in [4.78, 5) is 12.0. The van der Waals surface area contributed by atoms with Gasteiger partial charge in [0.2, 0.25) is 0 Å². The second kappa shape index (κ2) is 6.07. The highest BCUT2D eigenvalue weighted by atomic mass is 35.5. The van der Waals surface area contributed by atoms with E-state index in [0.29, 0.717) is 12.8 Å². The molecule has 2 unspecified atom stereocenters. The van der Waals surface area contributed by atoms with Gasteiger partial charge >= 0.3 is 0 Å². The van der Waals surface area contributed by atoms with Crippen LogP contribution in [0.25, 0.3) is 0 Å². The largest absolute Gasteiger partial charge is 0.391 e. The SMILES string of the molecule is O=C(NC1CCCCC1O)c1cc(F)c(Cl)cc1Cl. The molecule has 19 heavy (non-hydrogen) atoms. The highest BCUT2D eigenvalue weighted by molar-refractivity contribution is 6.36. The summed E-state index contributed by atoms with van der Waals surface area (Å²) < 4.78 is 13.4. The lowest BCUT2D eigenvalue weighted by Gasteiger charge is -2.28. The Kier molecular flexibility index (Phi) is 4.66. The van der Waals surface area contributed by atoms with Gasteiger partial charge in [0.15, 0.2) is 0 Å². The van der Waals surface area contributed by atoms with Gasteiger partial charge in [-0.1, -0.05) is 36.0 Å². The molecule has 1 aliphatic carbocycles. The van der Waals surface area contributed by atoms with Gasteiger partial charge in [-0.05, 0) is 25.0 Å². The van der Waals surface area contributed by atoms with Crippen molar-refractivity contribution in [3.8, 4) is 0 Å². The molecule has 2 atom stereocenters. The maximum absolute atomic E-state index is 13.4. The summed E-state index contributed by atoms with van der Waals surface area (Å²) in [5.74, 6) is -1.19. The van der Waals surface area contributed by atoms with E-state index in [1.165, 1.54) is 6.07 Å². The molecule has 0 saturated heterocycles. The fourth-order valence-corrected chi connectivity index (χ4v) is 2.69. The lowest BCUT2D eigenvalue weighted by molar-refractivity contribution is 0.0717.